The van der Waals surface area contributed by atoms with Crippen molar-refractivity contribution < 1.29 is 19.1 Å². The van der Waals surface area contributed by atoms with Gasteiger partial charge in [0.2, 0.25) is 5.89 Å². The van der Waals surface area contributed by atoms with E-state index in [1.54, 1.807) is 6.92 Å². The number of carboxylic acids is 1. The van der Waals surface area contributed by atoms with E-state index in [-0.39, 0.29) is 18.0 Å². The van der Waals surface area contributed by atoms with Crippen LogP contribution in [-0.2, 0) is 21.6 Å². The van der Waals surface area contributed by atoms with E-state index in [1.165, 1.54) is 42.2 Å². The first-order valence-corrected chi connectivity index (χ1v) is 12.0. The number of oxazole rings is 1. The Morgan fingerprint density at radius 3 is 2.49 bits per heavy atom. The van der Waals surface area contributed by atoms with Crippen LogP contribution in [0.15, 0.2) is 56.8 Å². The minimum absolute atomic E-state index is 0.0818. The number of rotatable bonds is 8. The quantitative estimate of drug-likeness (QED) is 0.388. The SMILES string of the molecule is Cc1c(-c2ncco2)sc2c1c(=O)n(C(C)(C)C(=O)O)c(=O)n2CC(OC(C)C)c1ccccc1. The molecule has 3 heterocycles. The topological polar surface area (TPSA) is 117 Å². The van der Waals surface area contributed by atoms with Crippen LogP contribution in [0.1, 0.15) is 44.9 Å². The molecule has 1 aromatic carbocycles. The minimum atomic E-state index is -1.78. The molecule has 9 nitrogen and oxygen atoms in total. The molecule has 0 fully saturated rings. The summed E-state index contributed by atoms with van der Waals surface area (Å²) in [4.78, 5) is 44.7. The second kappa shape index (κ2) is 9.27. The van der Waals surface area contributed by atoms with E-state index >= 15 is 0 Å². The number of thiophene rings is 1. The van der Waals surface area contributed by atoms with E-state index in [4.69, 9.17) is 9.15 Å². The van der Waals surface area contributed by atoms with E-state index in [2.05, 4.69) is 4.98 Å². The van der Waals surface area contributed by atoms with Crippen molar-refractivity contribution in [3.8, 4) is 10.8 Å². The minimum Gasteiger partial charge on any atom is -0.480 e. The molecule has 0 spiro atoms. The molecule has 0 saturated carbocycles. The third-order valence-corrected chi connectivity index (χ3v) is 7.18. The van der Waals surface area contributed by atoms with Crippen LogP contribution in [0.25, 0.3) is 21.0 Å². The summed E-state index contributed by atoms with van der Waals surface area (Å²) in [7, 11) is 0. The van der Waals surface area contributed by atoms with Gasteiger partial charge in [-0.25, -0.2) is 19.1 Å². The number of benzene rings is 1. The predicted molar refractivity (Wildman–Crippen MR) is 133 cm³/mol. The number of aliphatic carboxylic acids is 1. The van der Waals surface area contributed by atoms with Crippen LogP contribution in [0.5, 0.6) is 0 Å². The van der Waals surface area contributed by atoms with E-state index in [1.807, 2.05) is 44.2 Å². The average Bonchev–Trinajstić information content (AvgIpc) is 3.44. The van der Waals surface area contributed by atoms with Gasteiger partial charge >= 0.3 is 11.7 Å². The molecule has 1 N–H and O–H groups in total. The second-order valence-corrected chi connectivity index (χ2v) is 10.1. The number of ether oxygens (including phenoxy) is 1. The molecule has 0 aliphatic carbocycles. The maximum Gasteiger partial charge on any atom is 0.333 e. The second-order valence-electron chi connectivity index (χ2n) is 9.06. The standard InChI is InChI=1S/C25H27N3O6S/c1-14(2)34-17(16-9-7-6-8-10-16)13-27-22-18(15(3)19(35-22)20-26-11-12-33-20)21(29)28(24(27)32)25(4,5)23(30)31/h6-12,14,17H,13H2,1-5H3,(H,30,31). The number of carboxylic acid groups (broad SMARTS) is 1. The number of hydrogen-bond acceptors (Lipinski definition) is 7. The van der Waals surface area contributed by atoms with Gasteiger partial charge in [0, 0.05) is 0 Å². The number of carbonyl (C=O) groups is 1. The molecule has 0 bridgehead atoms. The predicted octanol–water partition coefficient (Wildman–Crippen LogP) is 4.17. The smallest absolute Gasteiger partial charge is 0.333 e. The Kier molecular flexibility index (Phi) is 6.52. The van der Waals surface area contributed by atoms with E-state index in [0.717, 1.165) is 10.1 Å². The van der Waals surface area contributed by atoms with Crippen molar-refractivity contribution in [1.82, 2.24) is 14.1 Å². The van der Waals surface area contributed by atoms with Crippen molar-refractivity contribution in [3.05, 3.63) is 74.8 Å². The molecule has 184 valence electrons. The van der Waals surface area contributed by atoms with Crippen molar-refractivity contribution in [2.75, 3.05) is 0 Å². The first-order chi connectivity index (χ1) is 16.5. The van der Waals surface area contributed by atoms with Crippen molar-refractivity contribution in [1.29, 1.82) is 0 Å². The van der Waals surface area contributed by atoms with E-state index in [0.29, 0.717) is 21.2 Å². The number of hydrogen-bond donors (Lipinski definition) is 1. The fourth-order valence-corrected chi connectivity index (χ4v) is 5.27. The normalized spacial score (nSPS) is 13.0. The van der Waals surface area contributed by atoms with Gasteiger partial charge in [0.15, 0.2) is 0 Å². The maximum atomic E-state index is 13.8. The highest BCUT2D eigenvalue weighted by atomic mass is 32.1. The highest BCUT2D eigenvalue weighted by molar-refractivity contribution is 7.22. The van der Waals surface area contributed by atoms with Gasteiger partial charge in [-0.05, 0) is 45.7 Å². The molecule has 1 unspecified atom stereocenters. The molecular weight excluding hydrogens is 470 g/mol. The summed E-state index contributed by atoms with van der Waals surface area (Å²) < 4.78 is 13.9. The van der Waals surface area contributed by atoms with Crippen LogP contribution in [0.3, 0.4) is 0 Å². The fourth-order valence-electron chi connectivity index (χ4n) is 4.02. The van der Waals surface area contributed by atoms with Gasteiger partial charge in [-0.15, -0.1) is 11.3 Å². The lowest BCUT2D eigenvalue weighted by Crippen LogP contribution is -2.52. The lowest BCUT2D eigenvalue weighted by atomic mass is 10.1. The molecular formula is C25H27N3O6S. The number of nitrogens with zero attached hydrogens (tertiary/aromatic N) is 3. The van der Waals surface area contributed by atoms with Gasteiger partial charge in [-0.3, -0.25) is 9.36 Å². The Hall–Kier alpha value is -3.50. The lowest BCUT2D eigenvalue weighted by molar-refractivity contribution is -0.146. The van der Waals surface area contributed by atoms with E-state index < -0.39 is 28.9 Å². The molecule has 0 aliphatic rings. The zero-order valence-corrected chi connectivity index (χ0v) is 21.0. The number of fused-ring (bicyclic) bond motifs is 1. The van der Waals surface area contributed by atoms with Crippen LogP contribution >= 0.6 is 11.3 Å². The summed E-state index contributed by atoms with van der Waals surface area (Å²) in [5.74, 6) is -0.967. The highest BCUT2D eigenvalue weighted by Crippen LogP contribution is 2.36. The molecule has 1 atom stereocenters. The van der Waals surface area contributed by atoms with Gasteiger partial charge in [0.25, 0.3) is 5.56 Å². The fraction of sp³-hybridized carbons (Fsp3) is 0.360. The number of aromatic nitrogens is 3. The van der Waals surface area contributed by atoms with Crippen molar-refractivity contribution >= 4 is 27.5 Å². The molecule has 0 amide bonds. The average molecular weight is 498 g/mol. The van der Waals surface area contributed by atoms with Gasteiger partial charge in [0.05, 0.1) is 29.1 Å². The van der Waals surface area contributed by atoms with Gasteiger partial charge in [0.1, 0.15) is 22.7 Å². The van der Waals surface area contributed by atoms with Crippen molar-refractivity contribution in [3.63, 3.8) is 0 Å². The summed E-state index contributed by atoms with van der Waals surface area (Å²) >= 11 is 1.21. The third-order valence-electron chi connectivity index (χ3n) is 5.88. The summed E-state index contributed by atoms with van der Waals surface area (Å²) in [5.41, 5.74) is -1.73. The number of aryl methyl sites for hydroxylation is 1. The molecule has 4 rings (SSSR count). The molecule has 0 saturated heterocycles. The summed E-state index contributed by atoms with van der Waals surface area (Å²) in [6, 6.07) is 9.47. The largest absolute Gasteiger partial charge is 0.480 e. The first-order valence-electron chi connectivity index (χ1n) is 11.2. The Morgan fingerprint density at radius 2 is 1.91 bits per heavy atom. The zero-order chi connectivity index (χ0) is 25.5. The van der Waals surface area contributed by atoms with Crippen molar-refractivity contribution in [2.24, 2.45) is 0 Å². The lowest BCUT2D eigenvalue weighted by Gasteiger charge is -2.26. The Labute approximate surface area is 205 Å². The summed E-state index contributed by atoms with van der Waals surface area (Å²) in [6.07, 6.45) is 2.28. The Bertz CT molecular complexity index is 1480. The molecule has 4 aromatic rings. The highest BCUT2D eigenvalue weighted by Gasteiger charge is 2.36. The summed E-state index contributed by atoms with van der Waals surface area (Å²) in [5, 5.41) is 10.1. The molecule has 35 heavy (non-hydrogen) atoms. The van der Waals surface area contributed by atoms with Gasteiger partial charge < -0.3 is 14.3 Å². The first kappa shape index (κ1) is 24.6. The van der Waals surface area contributed by atoms with E-state index in [9.17, 15) is 19.5 Å². The van der Waals surface area contributed by atoms with Crippen LogP contribution < -0.4 is 11.2 Å². The van der Waals surface area contributed by atoms with Crippen LogP contribution in [0, 0.1) is 6.92 Å². The molecule has 10 heteroatoms. The zero-order valence-electron chi connectivity index (χ0n) is 20.1. The summed E-state index contributed by atoms with van der Waals surface area (Å²) in [6.45, 7) is 8.30. The van der Waals surface area contributed by atoms with Gasteiger partial charge in [-0.2, -0.15) is 0 Å². The van der Waals surface area contributed by atoms with Crippen LogP contribution in [0.2, 0.25) is 0 Å². The molecule has 0 radical (unpaired) electrons. The molecule has 0 aliphatic heterocycles. The van der Waals surface area contributed by atoms with Crippen LogP contribution in [-0.4, -0.2) is 31.3 Å². The van der Waals surface area contributed by atoms with Gasteiger partial charge in [-0.1, -0.05) is 30.3 Å². The third kappa shape index (κ3) is 4.35. The van der Waals surface area contributed by atoms with Crippen LogP contribution in [0.4, 0.5) is 0 Å². The van der Waals surface area contributed by atoms with Crippen molar-refractivity contribution in [2.45, 2.75) is 58.9 Å². The Balaban J connectivity index is 2.05. The Morgan fingerprint density at radius 1 is 1.23 bits per heavy atom. The molecule has 3 aromatic heterocycles. The monoisotopic (exact) mass is 497 g/mol. The maximum absolute atomic E-state index is 13.8.